The van der Waals surface area contributed by atoms with Crippen molar-refractivity contribution in [3.05, 3.63) is 58.0 Å². The third-order valence-corrected chi connectivity index (χ3v) is 6.81. The first-order valence-electron chi connectivity index (χ1n) is 11.8. The SMILES string of the molecule is CC1=C(C(=O)OC(C)C)[C@H](c2cccc(F)c2)N2C(CC(=O)NCCN3CCOCC3)=CSC2=N1. The molecule has 8 nitrogen and oxygen atoms in total. The van der Waals surface area contributed by atoms with E-state index in [1.54, 1.807) is 32.9 Å². The van der Waals surface area contributed by atoms with E-state index in [0.717, 1.165) is 19.6 Å². The lowest BCUT2D eigenvalue weighted by Gasteiger charge is -2.36. The van der Waals surface area contributed by atoms with E-state index in [9.17, 15) is 14.0 Å². The molecule has 1 aromatic carbocycles. The van der Waals surface area contributed by atoms with Gasteiger partial charge in [0.1, 0.15) is 5.82 Å². The molecule has 1 fully saturated rings. The molecule has 35 heavy (non-hydrogen) atoms. The summed E-state index contributed by atoms with van der Waals surface area (Å²) in [5.41, 5.74) is 2.16. The third kappa shape index (κ3) is 6.12. The maximum absolute atomic E-state index is 14.2. The Kier molecular flexibility index (Phi) is 8.25. The zero-order valence-corrected chi connectivity index (χ0v) is 21.1. The number of amidine groups is 1. The highest BCUT2D eigenvalue weighted by Gasteiger charge is 2.41. The summed E-state index contributed by atoms with van der Waals surface area (Å²) in [6, 6.07) is 5.51. The van der Waals surface area contributed by atoms with Crippen LogP contribution in [0, 0.1) is 5.82 Å². The van der Waals surface area contributed by atoms with Gasteiger partial charge in [-0.3, -0.25) is 9.69 Å². The van der Waals surface area contributed by atoms with Gasteiger partial charge < -0.3 is 19.7 Å². The van der Waals surface area contributed by atoms with Gasteiger partial charge in [-0.25, -0.2) is 14.2 Å². The molecule has 3 heterocycles. The zero-order valence-electron chi connectivity index (χ0n) is 20.3. The number of allylic oxidation sites excluding steroid dienone is 1. The summed E-state index contributed by atoms with van der Waals surface area (Å²) in [6.45, 7) is 9.77. The number of halogens is 1. The van der Waals surface area contributed by atoms with Gasteiger partial charge in [0.2, 0.25) is 5.91 Å². The maximum atomic E-state index is 14.2. The number of rotatable bonds is 8. The molecule has 1 aromatic rings. The quantitative estimate of drug-likeness (QED) is 0.547. The molecule has 10 heteroatoms. The van der Waals surface area contributed by atoms with Crippen LogP contribution >= 0.6 is 11.8 Å². The van der Waals surface area contributed by atoms with Crippen LogP contribution in [0.4, 0.5) is 4.39 Å². The van der Waals surface area contributed by atoms with E-state index in [1.807, 2.05) is 10.3 Å². The number of amides is 1. The van der Waals surface area contributed by atoms with Crippen LogP contribution < -0.4 is 5.32 Å². The van der Waals surface area contributed by atoms with Crippen molar-refractivity contribution in [1.82, 2.24) is 15.1 Å². The summed E-state index contributed by atoms with van der Waals surface area (Å²) >= 11 is 1.39. The van der Waals surface area contributed by atoms with Gasteiger partial charge in [-0.1, -0.05) is 23.9 Å². The van der Waals surface area contributed by atoms with Crippen LogP contribution in [0.1, 0.15) is 38.8 Å². The molecule has 0 radical (unpaired) electrons. The second kappa shape index (κ2) is 11.4. The van der Waals surface area contributed by atoms with E-state index in [-0.39, 0.29) is 18.4 Å². The van der Waals surface area contributed by atoms with Crippen molar-refractivity contribution < 1.29 is 23.5 Å². The van der Waals surface area contributed by atoms with Crippen LogP contribution in [0.25, 0.3) is 0 Å². The van der Waals surface area contributed by atoms with E-state index in [2.05, 4.69) is 15.2 Å². The molecular formula is C25H31FN4O4S. The van der Waals surface area contributed by atoms with Crippen LogP contribution in [0.3, 0.4) is 0 Å². The molecule has 1 atom stereocenters. The standard InChI is InChI=1S/C25H31FN4O4S/c1-16(2)34-24(32)22-17(3)28-25-30(23(22)18-5-4-6-19(26)13-18)20(15-35-25)14-21(31)27-7-8-29-9-11-33-12-10-29/h4-6,13,15-16,23H,7-12,14H2,1-3H3,(H,27,31)/t23-/m0/s1. The second-order valence-electron chi connectivity index (χ2n) is 8.88. The Morgan fingerprint density at radius 2 is 2.09 bits per heavy atom. The number of fused-ring (bicyclic) bond motifs is 1. The topological polar surface area (TPSA) is 83.5 Å². The fraction of sp³-hybridized carbons (Fsp3) is 0.480. The number of hydrogen-bond acceptors (Lipinski definition) is 8. The second-order valence-corrected chi connectivity index (χ2v) is 9.72. The number of carbonyl (C=O) groups is 2. The number of hydrogen-bond donors (Lipinski definition) is 1. The Bertz CT molecular complexity index is 1070. The van der Waals surface area contributed by atoms with E-state index in [1.165, 1.54) is 23.9 Å². The molecule has 3 aliphatic rings. The predicted molar refractivity (Wildman–Crippen MR) is 133 cm³/mol. The van der Waals surface area contributed by atoms with Gasteiger partial charge in [0, 0.05) is 31.9 Å². The predicted octanol–water partition coefficient (Wildman–Crippen LogP) is 3.19. The van der Waals surface area contributed by atoms with E-state index in [0.29, 0.717) is 47.5 Å². The Balaban J connectivity index is 1.53. The number of nitrogens with one attached hydrogen (secondary N) is 1. The first-order valence-corrected chi connectivity index (χ1v) is 12.7. The van der Waals surface area contributed by atoms with Gasteiger partial charge in [-0.2, -0.15) is 0 Å². The molecule has 4 rings (SSSR count). The van der Waals surface area contributed by atoms with E-state index >= 15 is 0 Å². The zero-order chi connectivity index (χ0) is 24.9. The highest BCUT2D eigenvalue weighted by molar-refractivity contribution is 8.16. The number of aliphatic imine (C=N–C) groups is 1. The molecule has 1 amide bonds. The van der Waals surface area contributed by atoms with E-state index < -0.39 is 17.8 Å². The third-order valence-electron chi connectivity index (χ3n) is 5.92. The van der Waals surface area contributed by atoms with Crippen molar-refractivity contribution in [3.8, 4) is 0 Å². The number of benzene rings is 1. The number of thioether (sulfide) groups is 1. The molecular weight excluding hydrogens is 471 g/mol. The molecule has 0 spiro atoms. The van der Waals surface area contributed by atoms with Crippen molar-refractivity contribution in [2.45, 2.75) is 39.3 Å². The minimum absolute atomic E-state index is 0.118. The van der Waals surface area contributed by atoms with Crippen molar-refractivity contribution in [3.63, 3.8) is 0 Å². The fourth-order valence-electron chi connectivity index (χ4n) is 4.31. The lowest BCUT2D eigenvalue weighted by Crippen LogP contribution is -2.42. The molecule has 0 saturated carbocycles. The highest BCUT2D eigenvalue weighted by atomic mass is 32.2. The molecule has 1 N–H and O–H groups in total. The van der Waals surface area contributed by atoms with Crippen LogP contribution in [0.2, 0.25) is 0 Å². The molecule has 0 aliphatic carbocycles. The summed E-state index contributed by atoms with van der Waals surface area (Å²) < 4.78 is 25.1. The molecule has 188 valence electrons. The van der Waals surface area contributed by atoms with Gasteiger partial charge in [-0.05, 0) is 43.9 Å². The Labute approximate surface area is 209 Å². The molecule has 0 unspecified atom stereocenters. The van der Waals surface area contributed by atoms with Crippen molar-refractivity contribution in [2.75, 3.05) is 39.4 Å². The lowest BCUT2D eigenvalue weighted by atomic mass is 9.93. The molecule has 0 aromatic heterocycles. The summed E-state index contributed by atoms with van der Waals surface area (Å²) in [6.07, 6.45) is -0.200. The van der Waals surface area contributed by atoms with Crippen molar-refractivity contribution in [1.29, 1.82) is 0 Å². The molecule has 1 saturated heterocycles. The van der Waals surface area contributed by atoms with Crippen LogP contribution in [-0.2, 0) is 19.1 Å². The summed E-state index contributed by atoms with van der Waals surface area (Å²) in [5.74, 6) is -1.03. The van der Waals surface area contributed by atoms with Crippen LogP contribution in [0.5, 0.6) is 0 Å². The Morgan fingerprint density at radius 1 is 1.31 bits per heavy atom. The number of esters is 1. The summed E-state index contributed by atoms with van der Waals surface area (Å²) in [7, 11) is 0. The van der Waals surface area contributed by atoms with Crippen LogP contribution in [0.15, 0.2) is 51.6 Å². The molecule has 3 aliphatic heterocycles. The lowest BCUT2D eigenvalue weighted by molar-refractivity contribution is -0.143. The Morgan fingerprint density at radius 3 is 2.80 bits per heavy atom. The van der Waals surface area contributed by atoms with Gasteiger partial charge in [0.25, 0.3) is 0 Å². The first kappa shape index (κ1) is 25.4. The Hall–Kier alpha value is -2.69. The smallest absolute Gasteiger partial charge is 0.338 e. The van der Waals surface area contributed by atoms with Gasteiger partial charge in [0.15, 0.2) is 5.17 Å². The molecule has 0 bridgehead atoms. The minimum atomic E-state index is -0.646. The van der Waals surface area contributed by atoms with Gasteiger partial charge in [0.05, 0.1) is 43.1 Å². The number of ether oxygens (including phenoxy) is 2. The van der Waals surface area contributed by atoms with E-state index in [4.69, 9.17) is 9.47 Å². The highest BCUT2D eigenvalue weighted by Crippen LogP contribution is 2.45. The average Bonchev–Trinajstić information content (AvgIpc) is 3.20. The monoisotopic (exact) mass is 502 g/mol. The largest absolute Gasteiger partial charge is 0.459 e. The van der Waals surface area contributed by atoms with Crippen molar-refractivity contribution >= 4 is 28.8 Å². The maximum Gasteiger partial charge on any atom is 0.338 e. The minimum Gasteiger partial charge on any atom is -0.459 e. The summed E-state index contributed by atoms with van der Waals surface area (Å²) in [5, 5.41) is 5.50. The fourth-order valence-corrected chi connectivity index (χ4v) is 5.27. The first-order chi connectivity index (χ1) is 16.8. The number of carbonyl (C=O) groups excluding carboxylic acids is 2. The van der Waals surface area contributed by atoms with Gasteiger partial charge in [-0.15, -0.1) is 0 Å². The number of morpholine rings is 1. The average molecular weight is 503 g/mol. The van der Waals surface area contributed by atoms with Crippen molar-refractivity contribution in [2.24, 2.45) is 4.99 Å². The normalized spacial score (nSPS) is 20.5. The van der Waals surface area contributed by atoms with Gasteiger partial charge >= 0.3 is 5.97 Å². The van der Waals surface area contributed by atoms with Crippen LogP contribution in [-0.4, -0.2) is 72.3 Å². The number of nitrogens with zero attached hydrogens (tertiary/aromatic N) is 3. The summed E-state index contributed by atoms with van der Waals surface area (Å²) in [4.78, 5) is 34.6.